The van der Waals surface area contributed by atoms with E-state index in [0.717, 1.165) is 24.5 Å². The number of methoxy groups -OCH3 is 1. The number of ether oxygens (including phenoxy) is 2. The first kappa shape index (κ1) is 35.7. The van der Waals surface area contributed by atoms with Crippen LogP contribution >= 0.6 is 0 Å². The lowest BCUT2D eigenvalue weighted by Gasteiger charge is -2.21. The number of benzene rings is 2. The Kier molecular flexibility index (Phi) is 10.6. The second-order valence-corrected chi connectivity index (χ2v) is 11.3. The predicted octanol–water partition coefficient (Wildman–Crippen LogP) is 6.20. The third-order valence-corrected chi connectivity index (χ3v) is 7.85. The Hall–Kier alpha value is -4.55. The van der Waals surface area contributed by atoms with Crippen LogP contribution in [0.4, 0.5) is 45.7 Å². The van der Waals surface area contributed by atoms with E-state index in [9.17, 15) is 39.9 Å². The Bertz CT molecular complexity index is 1740. The maximum Gasteiger partial charge on any atom is 0.435 e. The SMILES string of the molecule is COCCN1CC(NC(=O)Nc2c(C)c(-c3cnn(C(OCC(F)(F)F)C(F)(F)F)c3)nn2-c2ccccc2)C(c2ccc(F)c(F)c2)C1. The molecule has 0 radical (unpaired) electrons. The van der Waals surface area contributed by atoms with Crippen LogP contribution in [0.25, 0.3) is 16.9 Å². The number of urea groups is 1. The molecule has 1 aliphatic rings. The molecule has 0 bridgehead atoms. The van der Waals surface area contributed by atoms with E-state index in [1.807, 2.05) is 4.90 Å². The lowest BCUT2D eigenvalue weighted by molar-refractivity contribution is -0.281. The number of amides is 2. The van der Waals surface area contributed by atoms with Crippen LogP contribution in [0.2, 0.25) is 0 Å². The number of hydrogen-bond donors (Lipinski definition) is 2. The Morgan fingerprint density at radius 1 is 1.04 bits per heavy atom. The molecule has 2 amide bonds. The van der Waals surface area contributed by atoms with Crippen LogP contribution in [0.5, 0.6) is 0 Å². The quantitative estimate of drug-likeness (QED) is 0.181. The van der Waals surface area contributed by atoms with E-state index < -0.39 is 54.8 Å². The third kappa shape index (κ3) is 8.55. The van der Waals surface area contributed by atoms with Gasteiger partial charge in [-0.05, 0) is 36.8 Å². The van der Waals surface area contributed by atoms with Gasteiger partial charge in [-0.3, -0.25) is 10.2 Å². The van der Waals surface area contributed by atoms with Crippen molar-refractivity contribution in [2.45, 2.75) is 37.5 Å². The molecule has 1 saturated heterocycles. The summed E-state index contributed by atoms with van der Waals surface area (Å²) in [4.78, 5) is 15.5. The Morgan fingerprint density at radius 2 is 1.78 bits per heavy atom. The number of nitrogens with zero attached hydrogens (tertiary/aromatic N) is 5. The zero-order valence-corrected chi connectivity index (χ0v) is 26.0. The highest BCUT2D eigenvalue weighted by Gasteiger charge is 2.45. The highest BCUT2D eigenvalue weighted by Crippen LogP contribution is 2.36. The minimum Gasteiger partial charge on any atom is -0.383 e. The van der Waals surface area contributed by atoms with E-state index in [-0.39, 0.29) is 21.8 Å². The number of halogens is 8. The Labute approximate surface area is 274 Å². The fourth-order valence-corrected chi connectivity index (χ4v) is 5.58. The van der Waals surface area contributed by atoms with Crippen molar-refractivity contribution in [3.8, 4) is 16.9 Å². The molecular formula is C31H31F8N7O3. The van der Waals surface area contributed by atoms with E-state index in [0.29, 0.717) is 43.1 Å². The van der Waals surface area contributed by atoms with Gasteiger partial charge in [0.15, 0.2) is 11.6 Å². The van der Waals surface area contributed by atoms with Gasteiger partial charge in [0.1, 0.15) is 18.1 Å². The van der Waals surface area contributed by atoms with Crippen LogP contribution in [0.1, 0.15) is 23.3 Å². The molecule has 2 aromatic heterocycles. The summed E-state index contributed by atoms with van der Waals surface area (Å²) in [6, 6.07) is 10.8. The second kappa shape index (κ2) is 14.5. The summed E-state index contributed by atoms with van der Waals surface area (Å²) < 4.78 is 118. The molecule has 5 rings (SSSR count). The van der Waals surface area contributed by atoms with Crippen LogP contribution in [0.3, 0.4) is 0 Å². The van der Waals surface area contributed by atoms with Crippen molar-refractivity contribution >= 4 is 11.8 Å². The minimum atomic E-state index is -5.23. The summed E-state index contributed by atoms with van der Waals surface area (Å²) in [6.07, 6.45) is -11.4. The summed E-state index contributed by atoms with van der Waals surface area (Å²) in [5.41, 5.74) is 1.32. The number of likely N-dealkylation sites (tertiary alicyclic amines) is 1. The van der Waals surface area contributed by atoms with Crippen molar-refractivity contribution in [3.63, 3.8) is 0 Å². The van der Waals surface area contributed by atoms with Gasteiger partial charge in [0.25, 0.3) is 0 Å². The normalized spacial score (nSPS) is 17.8. The van der Waals surface area contributed by atoms with Gasteiger partial charge in [-0.1, -0.05) is 24.3 Å². The molecule has 1 fully saturated rings. The molecule has 18 heteroatoms. The van der Waals surface area contributed by atoms with Gasteiger partial charge in [-0.2, -0.15) is 36.5 Å². The summed E-state index contributed by atoms with van der Waals surface area (Å²) in [5, 5.41) is 13.8. The fraction of sp³-hybridized carbons (Fsp3) is 0.387. The number of nitrogens with one attached hydrogen (secondary N) is 2. The van der Waals surface area contributed by atoms with Crippen LogP contribution in [-0.4, -0.2) is 88.8 Å². The molecule has 3 atom stereocenters. The number of carbonyl (C=O) groups excluding carboxylic acids is 1. The zero-order chi connectivity index (χ0) is 35.5. The van der Waals surface area contributed by atoms with Gasteiger partial charge in [0, 0.05) is 50.0 Å². The van der Waals surface area contributed by atoms with Crippen LogP contribution in [0.15, 0.2) is 60.9 Å². The number of rotatable bonds is 11. The largest absolute Gasteiger partial charge is 0.435 e. The molecule has 10 nitrogen and oxygen atoms in total. The third-order valence-electron chi connectivity index (χ3n) is 7.85. The van der Waals surface area contributed by atoms with Gasteiger partial charge >= 0.3 is 18.4 Å². The summed E-state index contributed by atoms with van der Waals surface area (Å²) >= 11 is 0. The van der Waals surface area contributed by atoms with Gasteiger partial charge in [-0.15, -0.1) is 0 Å². The van der Waals surface area contributed by atoms with E-state index in [4.69, 9.17) is 4.74 Å². The molecule has 4 aromatic rings. The molecule has 0 spiro atoms. The molecule has 2 aromatic carbocycles. The molecule has 264 valence electrons. The van der Waals surface area contributed by atoms with Gasteiger partial charge in [0.05, 0.1) is 24.5 Å². The fourth-order valence-electron chi connectivity index (χ4n) is 5.58. The van der Waals surface area contributed by atoms with E-state index >= 15 is 0 Å². The highest BCUT2D eigenvalue weighted by atomic mass is 19.4. The van der Waals surface area contributed by atoms with Gasteiger partial charge in [0.2, 0.25) is 6.23 Å². The maximum absolute atomic E-state index is 14.2. The smallest absolute Gasteiger partial charge is 0.383 e. The molecule has 3 unspecified atom stereocenters. The van der Waals surface area contributed by atoms with Crippen molar-refractivity contribution < 1.29 is 49.4 Å². The minimum absolute atomic E-state index is 0.00322. The number of alkyl halides is 6. The van der Waals surface area contributed by atoms with Gasteiger partial charge in [-0.25, -0.2) is 22.9 Å². The predicted molar refractivity (Wildman–Crippen MR) is 160 cm³/mol. The zero-order valence-electron chi connectivity index (χ0n) is 26.0. The van der Waals surface area contributed by atoms with Crippen LogP contribution in [0, 0.1) is 18.6 Å². The summed E-state index contributed by atoms with van der Waals surface area (Å²) in [7, 11) is 1.54. The number of aromatic nitrogens is 4. The standard InChI is InChI=1S/C31H31F8N7O3/c1-18-26(20-13-40-45(14-20)28(31(37,38)39)49-17-30(34,35)36)43-46(21-6-4-3-5-7-21)27(18)42-29(47)41-25-16-44(10-11-48-2)15-22(25)19-8-9-23(32)24(33)12-19/h3-9,12-14,22,25,28H,10-11,15-17H2,1-2H3,(H2,41,42,47). The molecular weight excluding hydrogens is 670 g/mol. The molecule has 3 heterocycles. The Morgan fingerprint density at radius 3 is 2.43 bits per heavy atom. The average Bonchev–Trinajstić information content (AvgIpc) is 3.75. The summed E-state index contributed by atoms with van der Waals surface area (Å²) in [6.45, 7) is 1.08. The molecule has 1 aliphatic heterocycles. The summed E-state index contributed by atoms with van der Waals surface area (Å²) in [5.74, 6) is -2.32. The maximum atomic E-state index is 14.2. The van der Waals surface area contributed by atoms with Crippen molar-refractivity contribution in [1.82, 2.24) is 29.8 Å². The van der Waals surface area contributed by atoms with Crippen LogP contribution in [-0.2, 0) is 9.47 Å². The molecule has 49 heavy (non-hydrogen) atoms. The Balaban J connectivity index is 1.43. The lowest BCUT2D eigenvalue weighted by atomic mass is 9.94. The lowest BCUT2D eigenvalue weighted by Crippen LogP contribution is -2.42. The molecule has 0 aliphatic carbocycles. The topological polar surface area (TPSA) is 98.5 Å². The van der Waals surface area contributed by atoms with Crippen molar-refractivity contribution in [2.24, 2.45) is 0 Å². The first-order valence-electron chi connectivity index (χ1n) is 14.8. The first-order valence-corrected chi connectivity index (χ1v) is 14.8. The number of anilines is 1. The van der Waals surface area contributed by atoms with Crippen LogP contribution < -0.4 is 10.6 Å². The molecule has 2 N–H and O–H groups in total. The highest BCUT2D eigenvalue weighted by molar-refractivity contribution is 5.91. The van der Waals surface area contributed by atoms with E-state index in [2.05, 4.69) is 25.6 Å². The second-order valence-electron chi connectivity index (χ2n) is 11.3. The van der Waals surface area contributed by atoms with Crippen molar-refractivity contribution in [1.29, 1.82) is 0 Å². The van der Waals surface area contributed by atoms with E-state index in [1.165, 1.54) is 10.7 Å². The monoisotopic (exact) mass is 701 g/mol. The number of hydrogen-bond acceptors (Lipinski definition) is 6. The number of carbonyl (C=O) groups is 1. The van der Waals surface area contributed by atoms with Crippen molar-refractivity contribution in [2.75, 3.05) is 45.3 Å². The number of para-hydroxylation sites is 1. The van der Waals surface area contributed by atoms with E-state index in [1.54, 1.807) is 44.4 Å². The average molecular weight is 702 g/mol. The van der Waals surface area contributed by atoms with Crippen molar-refractivity contribution in [3.05, 3.63) is 83.7 Å². The first-order chi connectivity index (χ1) is 23.1. The van der Waals surface area contributed by atoms with Gasteiger partial charge < -0.3 is 14.8 Å². The molecule has 0 saturated carbocycles.